The monoisotopic (exact) mass is 160 g/mol. The SMILES string of the molecule is CC(C)N(C)CC[C@@H](N)CO. The zero-order chi connectivity index (χ0) is 8.85. The van der Waals surface area contributed by atoms with Crippen molar-refractivity contribution in [2.45, 2.75) is 32.4 Å². The quantitative estimate of drug-likeness (QED) is 0.597. The first-order valence-electron chi connectivity index (χ1n) is 4.14. The Morgan fingerprint density at radius 3 is 2.36 bits per heavy atom. The van der Waals surface area contributed by atoms with Crippen molar-refractivity contribution in [3.8, 4) is 0 Å². The second-order valence-corrected chi connectivity index (χ2v) is 3.31. The fourth-order valence-corrected chi connectivity index (χ4v) is 0.719. The number of hydrogen-bond acceptors (Lipinski definition) is 3. The van der Waals surface area contributed by atoms with E-state index in [0.717, 1.165) is 13.0 Å². The molecule has 1 atom stereocenters. The molecule has 0 amide bonds. The van der Waals surface area contributed by atoms with Crippen molar-refractivity contribution >= 4 is 0 Å². The third-order valence-corrected chi connectivity index (χ3v) is 1.97. The Balaban J connectivity index is 3.37. The van der Waals surface area contributed by atoms with Gasteiger partial charge < -0.3 is 15.7 Å². The van der Waals surface area contributed by atoms with Gasteiger partial charge in [-0.25, -0.2) is 0 Å². The maximum absolute atomic E-state index is 8.64. The van der Waals surface area contributed by atoms with E-state index >= 15 is 0 Å². The van der Waals surface area contributed by atoms with Gasteiger partial charge in [0.2, 0.25) is 0 Å². The first kappa shape index (κ1) is 10.9. The van der Waals surface area contributed by atoms with E-state index in [1.807, 2.05) is 0 Å². The van der Waals surface area contributed by atoms with Crippen LogP contribution in [0.3, 0.4) is 0 Å². The van der Waals surface area contributed by atoms with Crippen LogP contribution in [0.2, 0.25) is 0 Å². The molecule has 68 valence electrons. The summed E-state index contributed by atoms with van der Waals surface area (Å²) in [7, 11) is 2.06. The fourth-order valence-electron chi connectivity index (χ4n) is 0.719. The predicted molar refractivity (Wildman–Crippen MR) is 47.4 cm³/mol. The van der Waals surface area contributed by atoms with Gasteiger partial charge in [-0.1, -0.05) is 0 Å². The molecule has 11 heavy (non-hydrogen) atoms. The summed E-state index contributed by atoms with van der Waals surface area (Å²) in [6, 6.07) is 0.497. The Morgan fingerprint density at radius 2 is 2.00 bits per heavy atom. The van der Waals surface area contributed by atoms with Crippen molar-refractivity contribution in [2.24, 2.45) is 5.73 Å². The van der Waals surface area contributed by atoms with Crippen molar-refractivity contribution in [3.63, 3.8) is 0 Å². The highest BCUT2D eigenvalue weighted by molar-refractivity contribution is 4.63. The van der Waals surface area contributed by atoms with Gasteiger partial charge in [0.1, 0.15) is 0 Å². The molecule has 0 rings (SSSR count). The molecular weight excluding hydrogens is 140 g/mol. The molecule has 0 radical (unpaired) electrons. The van der Waals surface area contributed by atoms with Crippen LogP contribution in [0, 0.1) is 0 Å². The van der Waals surface area contributed by atoms with Crippen LogP contribution < -0.4 is 5.73 Å². The Hall–Kier alpha value is -0.120. The summed E-state index contributed by atoms with van der Waals surface area (Å²) in [6.07, 6.45) is 0.866. The maximum Gasteiger partial charge on any atom is 0.0583 e. The average molecular weight is 160 g/mol. The van der Waals surface area contributed by atoms with Crippen LogP contribution in [0.4, 0.5) is 0 Å². The molecule has 0 aliphatic carbocycles. The molecule has 3 nitrogen and oxygen atoms in total. The van der Waals surface area contributed by atoms with Crippen LogP contribution in [-0.4, -0.2) is 42.3 Å². The van der Waals surface area contributed by atoms with E-state index in [9.17, 15) is 0 Å². The topological polar surface area (TPSA) is 49.5 Å². The van der Waals surface area contributed by atoms with E-state index in [4.69, 9.17) is 10.8 Å². The molecule has 0 aliphatic rings. The lowest BCUT2D eigenvalue weighted by Crippen LogP contribution is -2.33. The highest BCUT2D eigenvalue weighted by Crippen LogP contribution is 1.96. The largest absolute Gasteiger partial charge is 0.395 e. The summed E-state index contributed by atoms with van der Waals surface area (Å²) < 4.78 is 0. The molecular formula is C8H20N2O. The van der Waals surface area contributed by atoms with Crippen LogP contribution in [-0.2, 0) is 0 Å². The highest BCUT2D eigenvalue weighted by Gasteiger charge is 2.05. The zero-order valence-electron chi connectivity index (χ0n) is 7.75. The summed E-state index contributed by atoms with van der Waals surface area (Å²) >= 11 is 0. The van der Waals surface area contributed by atoms with E-state index in [1.165, 1.54) is 0 Å². The van der Waals surface area contributed by atoms with Gasteiger partial charge in [-0.05, 0) is 33.9 Å². The predicted octanol–water partition coefficient (Wildman–Crippen LogP) is 0.0363. The normalized spacial score (nSPS) is 14.5. The van der Waals surface area contributed by atoms with E-state index in [-0.39, 0.29) is 12.6 Å². The lowest BCUT2D eigenvalue weighted by atomic mass is 10.2. The summed E-state index contributed by atoms with van der Waals surface area (Å²) in [6.45, 7) is 5.33. The van der Waals surface area contributed by atoms with E-state index in [2.05, 4.69) is 25.8 Å². The van der Waals surface area contributed by atoms with Gasteiger partial charge in [-0.2, -0.15) is 0 Å². The number of nitrogens with two attached hydrogens (primary N) is 1. The molecule has 0 saturated carbocycles. The maximum atomic E-state index is 8.64. The van der Waals surface area contributed by atoms with Gasteiger partial charge in [0.05, 0.1) is 6.61 Å². The van der Waals surface area contributed by atoms with E-state index < -0.39 is 0 Å². The second kappa shape index (κ2) is 5.52. The van der Waals surface area contributed by atoms with Gasteiger partial charge in [0.25, 0.3) is 0 Å². The molecule has 0 aromatic rings. The van der Waals surface area contributed by atoms with Crippen LogP contribution >= 0.6 is 0 Å². The molecule has 0 saturated heterocycles. The molecule has 0 spiro atoms. The third kappa shape index (κ3) is 5.18. The first-order valence-corrected chi connectivity index (χ1v) is 4.14. The lowest BCUT2D eigenvalue weighted by Gasteiger charge is -2.22. The first-order chi connectivity index (χ1) is 5.07. The molecule has 0 bridgehead atoms. The van der Waals surface area contributed by atoms with Gasteiger partial charge in [-0.3, -0.25) is 0 Å². The standard InChI is InChI=1S/C8H20N2O/c1-7(2)10(3)5-4-8(9)6-11/h7-8,11H,4-6,9H2,1-3H3/t8-/m1/s1. The summed E-state index contributed by atoms with van der Waals surface area (Å²) in [4.78, 5) is 2.22. The number of rotatable bonds is 5. The average Bonchev–Trinajstić information content (AvgIpc) is 1.99. The number of aliphatic hydroxyl groups excluding tert-OH is 1. The Bertz CT molecular complexity index is 96.1. The Morgan fingerprint density at radius 1 is 1.45 bits per heavy atom. The van der Waals surface area contributed by atoms with Crippen molar-refractivity contribution < 1.29 is 5.11 Å². The van der Waals surface area contributed by atoms with Crippen molar-refractivity contribution in [2.75, 3.05) is 20.2 Å². The van der Waals surface area contributed by atoms with Gasteiger partial charge in [0, 0.05) is 12.1 Å². The number of hydrogen-bond donors (Lipinski definition) is 2. The van der Waals surface area contributed by atoms with Crippen molar-refractivity contribution in [1.29, 1.82) is 0 Å². The molecule has 0 heterocycles. The van der Waals surface area contributed by atoms with Crippen LogP contribution in [0.15, 0.2) is 0 Å². The minimum Gasteiger partial charge on any atom is -0.395 e. The molecule has 3 N–H and O–H groups in total. The highest BCUT2D eigenvalue weighted by atomic mass is 16.3. The fraction of sp³-hybridized carbons (Fsp3) is 1.00. The zero-order valence-corrected chi connectivity index (χ0v) is 7.75. The number of aliphatic hydroxyl groups is 1. The molecule has 0 unspecified atom stereocenters. The van der Waals surface area contributed by atoms with Crippen LogP contribution in [0.5, 0.6) is 0 Å². The van der Waals surface area contributed by atoms with Crippen LogP contribution in [0.1, 0.15) is 20.3 Å². The van der Waals surface area contributed by atoms with E-state index in [0.29, 0.717) is 6.04 Å². The van der Waals surface area contributed by atoms with Crippen molar-refractivity contribution in [1.82, 2.24) is 4.90 Å². The van der Waals surface area contributed by atoms with Gasteiger partial charge >= 0.3 is 0 Å². The summed E-state index contributed by atoms with van der Waals surface area (Å²) in [5.74, 6) is 0. The molecule has 0 aromatic carbocycles. The smallest absolute Gasteiger partial charge is 0.0583 e. The molecule has 3 heteroatoms. The Kier molecular flexibility index (Phi) is 5.46. The van der Waals surface area contributed by atoms with Crippen molar-refractivity contribution in [3.05, 3.63) is 0 Å². The lowest BCUT2D eigenvalue weighted by molar-refractivity contribution is 0.223. The molecule has 0 aromatic heterocycles. The number of nitrogens with zero attached hydrogens (tertiary/aromatic N) is 1. The molecule has 0 fully saturated rings. The van der Waals surface area contributed by atoms with Gasteiger partial charge in [-0.15, -0.1) is 0 Å². The molecule has 0 aliphatic heterocycles. The Labute approximate surface area is 69.2 Å². The van der Waals surface area contributed by atoms with Gasteiger partial charge in [0.15, 0.2) is 0 Å². The van der Waals surface area contributed by atoms with Crippen LogP contribution in [0.25, 0.3) is 0 Å². The second-order valence-electron chi connectivity index (χ2n) is 3.31. The summed E-state index contributed by atoms with van der Waals surface area (Å²) in [5.41, 5.74) is 5.54. The summed E-state index contributed by atoms with van der Waals surface area (Å²) in [5, 5.41) is 8.64. The third-order valence-electron chi connectivity index (χ3n) is 1.97. The minimum absolute atomic E-state index is 0.0591. The minimum atomic E-state index is -0.0591. The van der Waals surface area contributed by atoms with E-state index in [1.54, 1.807) is 0 Å².